The number of methoxy groups -OCH3 is 1. The van der Waals surface area contributed by atoms with Gasteiger partial charge < -0.3 is 19.8 Å². The number of carbonyl (C=O) groups excluding carboxylic acids is 1. The Morgan fingerprint density at radius 3 is 2.42 bits per heavy atom. The molecule has 2 aromatic rings. The van der Waals surface area contributed by atoms with Gasteiger partial charge in [-0.1, -0.05) is 30.3 Å². The lowest BCUT2D eigenvalue weighted by Crippen LogP contribution is -2.86. The molecule has 3 saturated heterocycles. The van der Waals surface area contributed by atoms with E-state index in [4.69, 9.17) is 4.74 Å². The summed E-state index contributed by atoms with van der Waals surface area (Å²) in [6.07, 6.45) is 2.99. The molecule has 3 aliphatic heterocycles. The number of hydrogen-bond donors (Lipinski definition) is 2. The number of non-ortho nitro benzene ring substituents is 1. The highest BCUT2D eigenvalue weighted by Gasteiger charge is 2.86. The van der Waals surface area contributed by atoms with Crippen LogP contribution in [0.1, 0.15) is 49.4 Å². The molecule has 11 heteroatoms. The van der Waals surface area contributed by atoms with Crippen LogP contribution >= 0.6 is 0 Å². The topological polar surface area (TPSA) is 147 Å². The fourth-order valence-electron chi connectivity index (χ4n) is 9.11. The number of carboxylic acid groups (broad SMARTS) is 2. The van der Waals surface area contributed by atoms with Crippen LogP contribution in [0.2, 0.25) is 0 Å². The molecular formula is C32H32N3O8+. The molecule has 2 N–H and O–H groups in total. The molecule has 6 atom stereocenters. The first-order chi connectivity index (χ1) is 20.3. The second kappa shape index (κ2) is 8.39. The van der Waals surface area contributed by atoms with Crippen molar-refractivity contribution in [1.29, 1.82) is 0 Å². The third-order valence-electron chi connectivity index (χ3n) is 10.8. The number of allylic oxidation sites excluding steroid dienone is 2. The molecular weight excluding hydrogens is 554 g/mol. The minimum Gasteiger partial charge on any atom is -0.479 e. The Morgan fingerprint density at radius 1 is 1.14 bits per heavy atom. The second-order valence-electron chi connectivity index (χ2n) is 13.2. The number of β-lactam (4-membered cyclic amide) rings is 1. The summed E-state index contributed by atoms with van der Waals surface area (Å²) in [6, 6.07) is 9.80. The van der Waals surface area contributed by atoms with Gasteiger partial charge in [0.2, 0.25) is 0 Å². The molecule has 2 amide bonds. The molecule has 7 rings (SSSR count). The molecule has 3 heterocycles. The van der Waals surface area contributed by atoms with E-state index in [0.717, 1.165) is 22.3 Å². The van der Waals surface area contributed by atoms with E-state index in [1.165, 1.54) is 36.3 Å². The summed E-state index contributed by atoms with van der Waals surface area (Å²) in [5.74, 6) is -2.33. The van der Waals surface area contributed by atoms with E-state index >= 15 is 0 Å². The molecule has 222 valence electrons. The molecule has 0 bridgehead atoms. The standard InChI is InChI=1S/C32H31N3O8/c1-30(2,3)35(29(39)40)13-12-22-25-26(35)27(36)33(25)31(28(37)38,16-17-8-10-20(11-9-17)34(41)42)32(22,43-4)23-15-19-14-18-6-5-7-21(23)24(18)19/h5-11,14-15,22,25-26H,12-13,16H2,1-4H3,(H-,37,38,39,40)/p+1/t22?,25-,26+,31?,32?,35?/m1/s1. The van der Waals surface area contributed by atoms with Gasteiger partial charge in [-0.2, -0.15) is 4.79 Å². The number of benzene rings is 2. The fourth-order valence-corrected chi connectivity index (χ4v) is 9.11. The lowest BCUT2D eigenvalue weighted by atomic mass is 9.63. The Balaban J connectivity index is 1.49. The number of quaternary nitrogens is 1. The molecule has 2 aliphatic carbocycles. The van der Waals surface area contributed by atoms with Crippen molar-refractivity contribution in [2.24, 2.45) is 5.92 Å². The van der Waals surface area contributed by atoms with Crippen molar-refractivity contribution >= 4 is 40.9 Å². The lowest BCUT2D eigenvalue weighted by Gasteiger charge is -2.60. The average molecular weight is 587 g/mol. The number of piperidine rings is 1. The van der Waals surface area contributed by atoms with Crippen LogP contribution in [-0.4, -0.2) is 84.9 Å². The molecule has 3 fully saturated rings. The zero-order valence-corrected chi connectivity index (χ0v) is 24.2. The highest BCUT2D eigenvalue weighted by molar-refractivity contribution is 6.14. The molecule has 43 heavy (non-hydrogen) atoms. The summed E-state index contributed by atoms with van der Waals surface area (Å²) in [7, 11) is 1.47. The van der Waals surface area contributed by atoms with Gasteiger partial charge in [0.05, 0.1) is 11.5 Å². The van der Waals surface area contributed by atoms with Gasteiger partial charge in [0.15, 0.2) is 11.6 Å². The van der Waals surface area contributed by atoms with E-state index in [2.05, 4.69) is 0 Å². The number of aliphatic carboxylic acids is 1. The quantitative estimate of drug-likeness (QED) is 0.222. The van der Waals surface area contributed by atoms with Crippen molar-refractivity contribution in [3.8, 4) is 0 Å². The predicted molar refractivity (Wildman–Crippen MR) is 155 cm³/mol. The summed E-state index contributed by atoms with van der Waals surface area (Å²) < 4.78 is 6.02. The third-order valence-corrected chi connectivity index (χ3v) is 10.8. The van der Waals surface area contributed by atoms with Crippen LogP contribution in [0.4, 0.5) is 10.5 Å². The summed E-state index contributed by atoms with van der Waals surface area (Å²) in [4.78, 5) is 53.6. The first-order valence-corrected chi connectivity index (χ1v) is 14.3. The van der Waals surface area contributed by atoms with Crippen molar-refractivity contribution in [1.82, 2.24) is 4.90 Å². The molecule has 0 radical (unpaired) electrons. The van der Waals surface area contributed by atoms with E-state index in [9.17, 15) is 34.7 Å². The number of amides is 2. The molecule has 0 saturated carbocycles. The largest absolute Gasteiger partial charge is 0.514 e. The number of nitro groups is 1. The molecule has 5 aliphatic rings. The van der Waals surface area contributed by atoms with Crippen LogP contribution < -0.4 is 0 Å². The normalized spacial score (nSPS) is 33.1. The molecule has 2 aromatic carbocycles. The van der Waals surface area contributed by atoms with Crippen LogP contribution in [0.5, 0.6) is 0 Å². The maximum atomic E-state index is 14.4. The van der Waals surface area contributed by atoms with Crippen LogP contribution in [-0.2, 0) is 20.7 Å². The Bertz CT molecular complexity index is 1720. The lowest BCUT2D eigenvalue weighted by molar-refractivity contribution is -0.930. The Hall–Kier alpha value is -4.35. The third kappa shape index (κ3) is 2.94. The van der Waals surface area contributed by atoms with Gasteiger partial charge >= 0.3 is 12.1 Å². The minimum atomic E-state index is -1.96. The van der Waals surface area contributed by atoms with E-state index in [0.29, 0.717) is 17.6 Å². The number of rotatable bonds is 6. The monoisotopic (exact) mass is 586 g/mol. The summed E-state index contributed by atoms with van der Waals surface area (Å²) >= 11 is 0. The number of carboxylic acids is 1. The summed E-state index contributed by atoms with van der Waals surface area (Å²) in [6.45, 7) is 5.53. The number of ether oxygens (including phenoxy) is 1. The van der Waals surface area contributed by atoms with Crippen molar-refractivity contribution in [3.05, 3.63) is 80.9 Å². The highest BCUT2D eigenvalue weighted by atomic mass is 16.6. The molecule has 11 nitrogen and oxygen atoms in total. The van der Waals surface area contributed by atoms with Crippen molar-refractivity contribution in [2.75, 3.05) is 13.7 Å². The zero-order valence-electron chi connectivity index (χ0n) is 24.2. The van der Waals surface area contributed by atoms with Gasteiger partial charge in [-0.3, -0.25) is 14.9 Å². The Morgan fingerprint density at radius 2 is 1.84 bits per heavy atom. The molecule has 4 unspecified atom stereocenters. The van der Waals surface area contributed by atoms with E-state index < -0.39 is 62.1 Å². The van der Waals surface area contributed by atoms with Crippen molar-refractivity contribution < 1.29 is 38.7 Å². The van der Waals surface area contributed by atoms with Crippen LogP contribution in [0.15, 0.2) is 48.5 Å². The minimum absolute atomic E-state index is 0.130. The maximum Gasteiger partial charge on any atom is 0.514 e. The zero-order chi connectivity index (χ0) is 30.9. The SMILES string of the molecule is COC1(C2=CC3=Cc4cccc2c43)C2CC[N+](C(=O)O)(C(C)(C)C)[C@@H]3C(=O)N([C@H]23)C1(Cc1ccc([N+](=O)[O-])cc1)C(=O)O. The fraction of sp³-hybridized carbons (Fsp3) is 0.406. The van der Waals surface area contributed by atoms with Gasteiger partial charge in [-0.15, -0.1) is 0 Å². The Labute approximate surface area is 247 Å². The van der Waals surface area contributed by atoms with E-state index in [1.54, 1.807) is 20.8 Å². The van der Waals surface area contributed by atoms with Crippen LogP contribution in [0.3, 0.4) is 0 Å². The van der Waals surface area contributed by atoms with E-state index in [-0.39, 0.29) is 18.7 Å². The number of carbonyl (C=O) groups is 3. The number of nitrogens with zero attached hydrogens (tertiary/aromatic N) is 3. The van der Waals surface area contributed by atoms with Crippen LogP contribution in [0.25, 0.3) is 17.2 Å². The van der Waals surface area contributed by atoms with Gasteiger partial charge in [-0.25, -0.2) is 9.28 Å². The van der Waals surface area contributed by atoms with Crippen molar-refractivity contribution in [2.45, 2.75) is 62.4 Å². The average Bonchev–Trinajstić information content (AvgIpc) is 3.40. The predicted octanol–water partition coefficient (Wildman–Crippen LogP) is 4.20. The van der Waals surface area contributed by atoms with Gasteiger partial charge in [0, 0.05) is 38.0 Å². The highest BCUT2D eigenvalue weighted by Crippen LogP contribution is 2.67. The van der Waals surface area contributed by atoms with Crippen molar-refractivity contribution in [3.63, 3.8) is 0 Å². The van der Waals surface area contributed by atoms with Crippen LogP contribution in [0, 0.1) is 16.0 Å². The van der Waals surface area contributed by atoms with Gasteiger partial charge in [0.1, 0.15) is 17.2 Å². The summed E-state index contributed by atoms with van der Waals surface area (Å²) in [5.41, 5.74) is 0.513. The maximum absolute atomic E-state index is 14.4. The van der Waals surface area contributed by atoms with Gasteiger partial charge in [-0.05, 0) is 66.3 Å². The first-order valence-electron chi connectivity index (χ1n) is 14.3. The second-order valence-corrected chi connectivity index (χ2v) is 13.2. The first kappa shape index (κ1) is 27.5. The smallest absolute Gasteiger partial charge is 0.479 e. The van der Waals surface area contributed by atoms with E-state index in [1.807, 2.05) is 30.4 Å². The molecule has 0 spiro atoms. The number of nitro benzene ring substituents is 1. The number of likely N-dealkylation sites (tertiary alicyclic amines) is 1. The number of hydrogen-bond acceptors (Lipinski definition) is 6. The summed E-state index contributed by atoms with van der Waals surface area (Å²) in [5, 5.41) is 33.3. The molecule has 0 aromatic heterocycles. The van der Waals surface area contributed by atoms with Gasteiger partial charge in [0.25, 0.3) is 11.6 Å². The Kier molecular flexibility index (Phi) is 5.36.